The van der Waals surface area contributed by atoms with Gasteiger partial charge in [0.25, 0.3) is 0 Å². The number of carboxylic acids is 1. The molecule has 2 aliphatic heterocycles. The van der Waals surface area contributed by atoms with Crippen molar-refractivity contribution in [3.8, 4) is 0 Å². The molecule has 4 nitrogen and oxygen atoms in total. The molecule has 0 aromatic rings. The number of ether oxygens (including phenoxy) is 1. The van der Waals surface area contributed by atoms with Gasteiger partial charge in [0.2, 0.25) is 0 Å². The third-order valence-electron chi connectivity index (χ3n) is 3.88. The van der Waals surface area contributed by atoms with E-state index >= 15 is 0 Å². The highest BCUT2D eigenvalue weighted by Crippen LogP contribution is 2.39. The topological polar surface area (TPSA) is 63.6 Å². The first kappa shape index (κ1) is 14.3. The lowest BCUT2D eigenvalue weighted by molar-refractivity contribution is -0.136. The van der Waals surface area contributed by atoms with Gasteiger partial charge in [0.15, 0.2) is 0 Å². The van der Waals surface area contributed by atoms with Gasteiger partial charge < -0.3 is 9.84 Å². The summed E-state index contributed by atoms with van der Waals surface area (Å²) in [7, 11) is -1.30. The Morgan fingerprint density at radius 1 is 1.50 bits per heavy atom. The van der Waals surface area contributed by atoms with Crippen LogP contribution in [-0.2, 0) is 20.3 Å². The highest BCUT2D eigenvalue weighted by atomic mass is 32.2. The first-order valence-electron chi connectivity index (χ1n) is 6.38. The lowest BCUT2D eigenvalue weighted by atomic mass is 9.88. The molecule has 2 heterocycles. The zero-order chi connectivity index (χ0) is 13.2. The third kappa shape index (κ3) is 3.08. The molecule has 0 amide bonds. The molecule has 0 bridgehead atoms. The summed E-state index contributed by atoms with van der Waals surface area (Å²) in [4.78, 5) is 10.9. The minimum atomic E-state index is -1.30. The van der Waals surface area contributed by atoms with Crippen LogP contribution in [0.15, 0.2) is 0 Å². The van der Waals surface area contributed by atoms with Crippen molar-refractivity contribution in [2.75, 3.05) is 18.1 Å². The molecule has 0 saturated carbocycles. The van der Waals surface area contributed by atoms with Crippen LogP contribution in [0.5, 0.6) is 0 Å². The van der Waals surface area contributed by atoms with Crippen LogP contribution in [0, 0.1) is 0 Å². The molecule has 6 heteroatoms. The second kappa shape index (κ2) is 5.92. The summed E-state index contributed by atoms with van der Waals surface area (Å²) in [6, 6.07) is 0. The SMILES string of the molecule is CC(C(=O)O)S(=O)C1CCOC2(CCSCC2)C1. The van der Waals surface area contributed by atoms with Crippen molar-refractivity contribution in [2.45, 2.75) is 48.7 Å². The highest BCUT2D eigenvalue weighted by molar-refractivity contribution is 7.99. The number of thioether (sulfide) groups is 1. The molecule has 2 saturated heterocycles. The Labute approximate surface area is 114 Å². The van der Waals surface area contributed by atoms with Crippen LogP contribution in [-0.4, -0.2) is 49.5 Å². The average Bonchev–Trinajstić information content (AvgIpc) is 2.38. The highest BCUT2D eigenvalue weighted by Gasteiger charge is 2.42. The Bertz CT molecular complexity index is 333. The molecular formula is C12H20O4S2. The minimum Gasteiger partial charge on any atom is -0.480 e. The molecule has 104 valence electrons. The van der Waals surface area contributed by atoms with E-state index in [1.165, 1.54) is 6.92 Å². The van der Waals surface area contributed by atoms with Crippen molar-refractivity contribution in [1.29, 1.82) is 0 Å². The summed E-state index contributed by atoms with van der Waals surface area (Å²) in [5.41, 5.74) is -0.123. The number of hydrogen-bond acceptors (Lipinski definition) is 4. The minimum absolute atomic E-state index is 0.0204. The van der Waals surface area contributed by atoms with Crippen LogP contribution in [0.3, 0.4) is 0 Å². The first-order valence-corrected chi connectivity index (χ1v) is 8.81. The predicted octanol–water partition coefficient (Wildman–Crippen LogP) is 1.65. The summed E-state index contributed by atoms with van der Waals surface area (Å²) >= 11 is 1.93. The largest absolute Gasteiger partial charge is 0.480 e. The molecule has 2 aliphatic rings. The molecule has 2 rings (SSSR count). The smallest absolute Gasteiger partial charge is 0.318 e. The molecule has 3 atom stereocenters. The maximum atomic E-state index is 12.2. The van der Waals surface area contributed by atoms with Crippen molar-refractivity contribution in [1.82, 2.24) is 0 Å². The van der Waals surface area contributed by atoms with Gasteiger partial charge in [-0.2, -0.15) is 11.8 Å². The second-order valence-electron chi connectivity index (χ2n) is 5.07. The molecule has 1 spiro atoms. The molecule has 3 unspecified atom stereocenters. The zero-order valence-corrected chi connectivity index (χ0v) is 12.2. The lowest BCUT2D eigenvalue weighted by Gasteiger charge is -2.43. The van der Waals surface area contributed by atoms with Gasteiger partial charge in [0, 0.05) is 22.7 Å². The van der Waals surface area contributed by atoms with E-state index in [0.29, 0.717) is 6.61 Å². The maximum absolute atomic E-state index is 12.2. The average molecular weight is 292 g/mol. The standard InChI is InChI=1S/C12H20O4S2/c1-9(11(13)14)18(15)10-2-5-16-12(8-10)3-6-17-7-4-12/h9-10H,2-8H2,1H3,(H,13,14). The van der Waals surface area contributed by atoms with Gasteiger partial charge in [0.05, 0.1) is 5.60 Å². The van der Waals surface area contributed by atoms with Crippen LogP contribution >= 0.6 is 11.8 Å². The molecule has 0 aliphatic carbocycles. The van der Waals surface area contributed by atoms with Crippen LogP contribution in [0.1, 0.15) is 32.6 Å². The molecule has 1 N–H and O–H groups in total. The van der Waals surface area contributed by atoms with Crippen molar-refractivity contribution in [2.24, 2.45) is 0 Å². The van der Waals surface area contributed by atoms with Gasteiger partial charge in [0.1, 0.15) is 5.25 Å². The van der Waals surface area contributed by atoms with E-state index in [1.54, 1.807) is 0 Å². The summed E-state index contributed by atoms with van der Waals surface area (Å²) in [6.45, 7) is 2.16. The van der Waals surface area contributed by atoms with Gasteiger partial charge in [-0.05, 0) is 44.1 Å². The summed E-state index contributed by atoms with van der Waals surface area (Å²) in [5.74, 6) is 1.22. The molecule has 0 radical (unpaired) electrons. The Morgan fingerprint density at radius 2 is 2.17 bits per heavy atom. The summed E-state index contributed by atoms with van der Waals surface area (Å²) in [5, 5.41) is 8.16. The van der Waals surface area contributed by atoms with Crippen molar-refractivity contribution < 1.29 is 18.8 Å². The molecular weight excluding hydrogens is 272 g/mol. The molecule has 0 aromatic carbocycles. The van der Waals surface area contributed by atoms with Crippen molar-refractivity contribution >= 4 is 28.5 Å². The number of hydrogen-bond donors (Lipinski definition) is 1. The van der Waals surface area contributed by atoms with E-state index in [0.717, 1.165) is 37.2 Å². The van der Waals surface area contributed by atoms with Crippen LogP contribution < -0.4 is 0 Å². The van der Waals surface area contributed by atoms with E-state index < -0.39 is 22.0 Å². The van der Waals surface area contributed by atoms with E-state index in [-0.39, 0.29) is 10.9 Å². The lowest BCUT2D eigenvalue weighted by Crippen LogP contribution is -2.47. The molecule has 2 fully saturated rings. The first-order chi connectivity index (χ1) is 8.54. The second-order valence-corrected chi connectivity index (χ2v) is 8.32. The van der Waals surface area contributed by atoms with Crippen LogP contribution in [0.2, 0.25) is 0 Å². The van der Waals surface area contributed by atoms with Gasteiger partial charge in [-0.15, -0.1) is 0 Å². The number of carboxylic acid groups (broad SMARTS) is 1. The van der Waals surface area contributed by atoms with Gasteiger partial charge in [-0.1, -0.05) is 0 Å². The van der Waals surface area contributed by atoms with Crippen LogP contribution in [0.4, 0.5) is 0 Å². The van der Waals surface area contributed by atoms with Crippen molar-refractivity contribution in [3.05, 3.63) is 0 Å². The fourth-order valence-electron chi connectivity index (χ4n) is 2.66. The number of rotatable bonds is 3. The van der Waals surface area contributed by atoms with Gasteiger partial charge in [-0.25, -0.2) is 0 Å². The van der Waals surface area contributed by atoms with Gasteiger partial charge >= 0.3 is 5.97 Å². The van der Waals surface area contributed by atoms with E-state index in [1.807, 2.05) is 11.8 Å². The summed E-state index contributed by atoms with van der Waals surface area (Å²) < 4.78 is 18.2. The van der Waals surface area contributed by atoms with Crippen LogP contribution in [0.25, 0.3) is 0 Å². The Morgan fingerprint density at radius 3 is 2.78 bits per heavy atom. The Kier molecular flexibility index (Phi) is 4.72. The Balaban J connectivity index is 2.02. The maximum Gasteiger partial charge on any atom is 0.318 e. The van der Waals surface area contributed by atoms with E-state index in [4.69, 9.17) is 9.84 Å². The normalized spacial score (nSPS) is 30.8. The molecule has 18 heavy (non-hydrogen) atoms. The fourth-order valence-corrected chi connectivity index (χ4v) is 5.47. The van der Waals surface area contributed by atoms with E-state index in [9.17, 15) is 9.00 Å². The fraction of sp³-hybridized carbons (Fsp3) is 0.917. The number of carbonyl (C=O) groups is 1. The zero-order valence-electron chi connectivity index (χ0n) is 10.6. The van der Waals surface area contributed by atoms with Gasteiger partial charge in [-0.3, -0.25) is 9.00 Å². The third-order valence-corrected chi connectivity index (χ3v) is 6.82. The summed E-state index contributed by atoms with van der Waals surface area (Å²) in [6.07, 6.45) is 3.50. The quantitative estimate of drug-likeness (QED) is 0.857. The predicted molar refractivity (Wildman–Crippen MR) is 73.5 cm³/mol. The molecule has 0 aromatic heterocycles. The Hall–Kier alpha value is -0.0700. The van der Waals surface area contributed by atoms with Crippen molar-refractivity contribution in [3.63, 3.8) is 0 Å². The monoisotopic (exact) mass is 292 g/mol. The van der Waals surface area contributed by atoms with E-state index in [2.05, 4.69) is 0 Å². The number of aliphatic carboxylic acids is 1.